The van der Waals surface area contributed by atoms with Gasteiger partial charge in [0.15, 0.2) is 0 Å². The van der Waals surface area contributed by atoms with Crippen molar-refractivity contribution in [2.45, 2.75) is 64.9 Å². The minimum atomic E-state index is -0.288. The Kier molecular flexibility index (Phi) is 7.23. The van der Waals surface area contributed by atoms with E-state index in [9.17, 15) is 0 Å². The standard InChI is InChI=1S/C10H22O3/c1-4-7-8-9-10(5-2,6-3)12-13-11/h11H,4-9H2,1-3H3. The van der Waals surface area contributed by atoms with Crippen molar-refractivity contribution in [3.8, 4) is 0 Å². The average Bonchev–Trinajstić information content (AvgIpc) is 2.17. The number of unbranched alkanes of at least 4 members (excludes halogenated alkanes) is 2. The summed E-state index contributed by atoms with van der Waals surface area (Å²) in [6.45, 7) is 6.27. The molecule has 0 aliphatic rings. The molecule has 0 rings (SSSR count). The second kappa shape index (κ2) is 7.30. The molecule has 0 unspecified atom stereocenters. The van der Waals surface area contributed by atoms with Gasteiger partial charge >= 0.3 is 0 Å². The van der Waals surface area contributed by atoms with E-state index in [1.807, 2.05) is 0 Å². The number of hydrogen-bond acceptors (Lipinski definition) is 3. The molecule has 13 heavy (non-hydrogen) atoms. The fraction of sp³-hybridized carbons (Fsp3) is 1.00. The van der Waals surface area contributed by atoms with Crippen molar-refractivity contribution in [1.82, 2.24) is 0 Å². The van der Waals surface area contributed by atoms with Crippen LogP contribution in [-0.2, 0) is 9.93 Å². The lowest BCUT2D eigenvalue weighted by molar-refractivity contribution is -0.527. The average molecular weight is 190 g/mol. The zero-order valence-electron chi connectivity index (χ0n) is 9.01. The third kappa shape index (κ3) is 4.60. The van der Waals surface area contributed by atoms with E-state index in [0.29, 0.717) is 0 Å². The first-order chi connectivity index (χ1) is 6.24. The summed E-state index contributed by atoms with van der Waals surface area (Å²) in [6, 6.07) is 0. The topological polar surface area (TPSA) is 38.7 Å². The smallest absolute Gasteiger partial charge is 0.106 e. The summed E-state index contributed by atoms with van der Waals surface area (Å²) in [4.78, 5) is 4.93. The zero-order chi connectivity index (χ0) is 10.2. The maximum Gasteiger partial charge on any atom is 0.106 e. The summed E-state index contributed by atoms with van der Waals surface area (Å²) >= 11 is 0. The molecule has 0 spiro atoms. The van der Waals surface area contributed by atoms with E-state index in [0.717, 1.165) is 25.7 Å². The predicted molar refractivity (Wildman–Crippen MR) is 52.3 cm³/mol. The highest BCUT2D eigenvalue weighted by atomic mass is 17.5. The monoisotopic (exact) mass is 190 g/mol. The van der Waals surface area contributed by atoms with Gasteiger partial charge in [-0.1, -0.05) is 45.1 Å². The van der Waals surface area contributed by atoms with E-state index < -0.39 is 0 Å². The van der Waals surface area contributed by atoms with E-state index >= 15 is 0 Å². The van der Waals surface area contributed by atoms with Crippen LogP contribution in [0.25, 0.3) is 0 Å². The highest BCUT2D eigenvalue weighted by Gasteiger charge is 2.28. The molecule has 0 aliphatic carbocycles. The summed E-state index contributed by atoms with van der Waals surface area (Å²) in [5, 5.41) is 12.1. The molecule has 0 saturated carbocycles. The van der Waals surface area contributed by atoms with Crippen LogP contribution in [0.5, 0.6) is 0 Å². The lowest BCUT2D eigenvalue weighted by Gasteiger charge is -2.28. The van der Waals surface area contributed by atoms with Crippen LogP contribution in [0.1, 0.15) is 59.3 Å². The van der Waals surface area contributed by atoms with Gasteiger partial charge in [0, 0.05) is 0 Å². The third-order valence-electron chi connectivity index (χ3n) is 2.74. The van der Waals surface area contributed by atoms with Crippen molar-refractivity contribution in [2.24, 2.45) is 0 Å². The van der Waals surface area contributed by atoms with E-state index in [1.165, 1.54) is 12.8 Å². The van der Waals surface area contributed by atoms with Crippen LogP contribution in [0, 0.1) is 0 Å². The lowest BCUT2D eigenvalue weighted by Crippen LogP contribution is -2.30. The minimum Gasteiger partial charge on any atom is -0.221 e. The van der Waals surface area contributed by atoms with Crippen molar-refractivity contribution in [3.05, 3.63) is 0 Å². The SMILES string of the molecule is CCCCCC(CC)(CC)OOO. The van der Waals surface area contributed by atoms with Crippen LogP contribution in [0.2, 0.25) is 0 Å². The fourth-order valence-corrected chi connectivity index (χ4v) is 1.54. The maximum atomic E-state index is 8.30. The van der Waals surface area contributed by atoms with Gasteiger partial charge < -0.3 is 0 Å². The van der Waals surface area contributed by atoms with E-state index in [1.54, 1.807) is 0 Å². The summed E-state index contributed by atoms with van der Waals surface area (Å²) in [5.74, 6) is 0. The Labute approximate surface area is 80.9 Å². The molecule has 0 amide bonds. The molecular formula is C10H22O3. The van der Waals surface area contributed by atoms with Gasteiger partial charge in [-0.05, 0) is 19.3 Å². The largest absolute Gasteiger partial charge is 0.221 e. The maximum absolute atomic E-state index is 8.30. The zero-order valence-corrected chi connectivity index (χ0v) is 9.01. The quantitative estimate of drug-likeness (QED) is 0.361. The molecule has 0 heterocycles. The highest BCUT2D eigenvalue weighted by molar-refractivity contribution is 4.75. The van der Waals surface area contributed by atoms with Gasteiger partial charge in [-0.2, -0.15) is 4.89 Å². The molecule has 3 nitrogen and oxygen atoms in total. The Bertz CT molecular complexity index is 111. The molecule has 0 fully saturated rings. The third-order valence-corrected chi connectivity index (χ3v) is 2.74. The van der Waals surface area contributed by atoms with E-state index in [-0.39, 0.29) is 5.60 Å². The molecule has 3 heteroatoms. The molecule has 0 radical (unpaired) electrons. The van der Waals surface area contributed by atoms with Crippen molar-refractivity contribution >= 4 is 0 Å². The Hall–Kier alpha value is -0.120. The van der Waals surface area contributed by atoms with Crippen LogP contribution in [-0.4, -0.2) is 10.9 Å². The van der Waals surface area contributed by atoms with Crippen LogP contribution in [0.3, 0.4) is 0 Å². The second-order valence-corrected chi connectivity index (χ2v) is 3.51. The van der Waals surface area contributed by atoms with Gasteiger partial charge in [0.1, 0.15) is 5.60 Å². The van der Waals surface area contributed by atoms with Crippen molar-refractivity contribution in [1.29, 1.82) is 0 Å². The molecule has 0 aromatic heterocycles. The van der Waals surface area contributed by atoms with E-state index in [2.05, 4.69) is 25.8 Å². The van der Waals surface area contributed by atoms with Crippen LogP contribution in [0.4, 0.5) is 0 Å². The predicted octanol–water partition coefficient (Wildman–Crippen LogP) is 3.55. The van der Waals surface area contributed by atoms with Gasteiger partial charge in [0.2, 0.25) is 0 Å². The molecule has 0 atom stereocenters. The molecule has 0 saturated heterocycles. The Morgan fingerprint density at radius 1 is 1.08 bits per heavy atom. The first-order valence-electron chi connectivity index (χ1n) is 5.24. The minimum absolute atomic E-state index is 0.288. The second-order valence-electron chi connectivity index (χ2n) is 3.51. The van der Waals surface area contributed by atoms with Crippen LogP contribution >= 0.6 is 0 Å². The normalized spacial score (nSPS) is 12.0. The van der Waals surface area contributed by atoms with Crippen LogP contribution < -0.4 is 0 Å². The molecular weight excluding hydrogens is 168 g/mol. The molecule has 0 bridgehead atoms. The number of hydrogen-bond donors (Lipinski definition) is 1. The molecule has 0 aliphatic heterocycles. The van der Waals surface area contributed by atoms with Gasteiger partial charge in [-0.3, -0.25) is 0 Å². The summed E-state index contributed by atoms with van der Waals surface area (Å²) < 4.78 is 0. The Morgan fingerprint density at radius 3 is 2.08 bits per heavy atom. The molecule has 0 aromatic rings. The Balaban J connectivity index is 3.89. The van der Waals surface area contributed by atoms with Gasteiger partial charge in [-0.25, -0.2) is 5.26 Å². The van der Waals surface area contributed by atoms with Gasteiger partial charge in [-0.15, -0.1) is 0 Å². The summed E-state index contributed by atoms with van der Waals surface area (Å²) in [6.07, 6.45) is 6.22. The van der Waals surface area contributed by atoms with Crippen molar-refractivity contribution in [3.63, 3.8) is 0 Å². The summed E-state index contributed by atoms with van der Waals surface area (Å²) in [7, 11) is 0. The fourth-order valence-electron chi connectivity index (χ4n) is 1.54. The highest BCUT2D eigenvalue weighted by Crippen LogP contribution is 2.27. The van der Waals surface area contributed by atoms with E-state index in [4.69, 9.17) is 10.1 Å². The van der Waals surface area contributed by atoms with Gasteiger partial charge in [0.05, 0.1) is 0 Å². The summed E-state index contributed by atoms with van der Waals surface area (Å²) in [5.41, 5.74) is -0.288. The lowest BCUT2D eigenvalue weighted by atomic mass is 9.91. The molecule has 80 valence electrons. The van der Waals surface area contributed by atoms with Crippen molar-refractivity contribution < 1.29 is 15.2 Å². The molecule has 1 N–H and O–H groups in total. The first kappa shape index (κ1) is 12.9. The van der Waals surface area contributed by atoms with Crippen molar-refractivity contribution in [2.75, 3.05) is 0 Å². The molecule has 0 aromatic carbocycles. The van der Waals surface area contributed by atoms with Crippen LogP contribution in [0.15, 0.2) is 0 Å². The number of rotatable bonds is 8. The van der Waals surface area contributed by atoms with Gasteiger partial charge in [0.25, 0.3) is 0 Å². The Morgan fingerprint density at radius 2 is 1.69 bits per heavy atom. The first-order valence-corrected chi connectivity index (χ1v) is 5.24.